The molecule has 4 aromatic rings. The van der Waals surface area contributed by atoms with Crippen LogP contribution in [0.1, 0.15) is 24.8 Å². The number of nitrogens with zero attached hydrogens (tertiary/aromatic N) is 6. The maximum atomic E-state index is 16.1. The molecule has 11 heteroatoms. The van der Waals surface area contributed by atoms with Gasteiger partial charge in [0.05, 0.1) is 29.7 Å². The molecular weight excluding hydrogens is 582 g/mol. The molecular formula is C33H30F2N6O2S. The summed E-state index contributed by atoms with van der Waals surface area (Å²) in [4.78, 5) is 22.7. The zero-order valence-corrected chi connectivity index (χ0v) is 25.0. The molecule has 2 aromatic heterocycles. The zero-order chi connectivity index (χ0) is 31.0. The fourth-order valence-corrected chi connectivity index (χ4v) is 7.24. The third kappa shape index (κ3) is 5.34. The number of carbonyl (C=O) groups is 1. The molecule has 2 aliphatic heterocycles. The minimum atomic E-state index is -1.10. The quantitative estimate of drug-likeness (QED) is 0.236. The Bertz CT molecular complexity index is 1860. The minimum Gasteiger partial charge on any atom is -0.475 e. The summed E-state index contributed by atoms with van der Waals surface area (Å²) < 4.78 is 37.1. The minimum absolute atomic E-state index is 0.0544. The van der Waals surface area contributed by atoms with Crippen molar-refractivity contribution in [2.45, 2.75) is 31.3 Å². The first kappa shape index (κ1) is 29.5. The van der Waals surface area contributed by atoms with Crippen molar-refractivity contribution in [3.05, 3.63) is 65.6 Å². The molecule has 0 radical (unpaired) electrons. The van der Waals surface area contributed by atoms with E-state index < -0.39 is 23.6 Å². The van der Waals surface area contributed by atoms with Gasteiger partial charge in [0, 0.05) is 46.9 Å². The lowest BCUT2D eigenvalue weighted by Crippen LogP contribution is -2.55. The smallest absolute Gasteiger partial charge is 0.282 e. The summed E-state index contributed by atoms with van der Waals surface area (Å²) in [6, 6.07) is 14.7. The predicted molar refractivity (Wildman–Crippen MR) is 167 cm³/mol. The average Bonchev–Trinajstić information content (AvgIpc) is 3.67. The lowest BCUT2D eigenvalue weighted by atomic mass is 9.98. The molecule has 6 rings (SSSR count). The number of benzene rings is 2. The van der Waals surface area contributed by atoms with Crippen LogP contribution in [0.3, 0.4) is 0 Å². The standard InChI is InChI=1S/C33H30F2N6O2S/c1-20(34)33(42)41-13-12-40(18-22(41)8-10-36)30-26-15-28(35)25(24-7-3-5-21-9-14-44-31(21)24)16-29(26)38-32(27(30)17-37)43-19-23-6-4-11-39(23)2/h3,5,7,9,14-16,22-23H,1,4,6,8,11-13,18-19H2,2H3/t22-,23-/m0/s1. The summed E-state index contributed by atoms with van der Waals surface area (Å²) in [5.41, 5.74) is 2.14. The van der Waals surface area contributed by atoms with Gasteiger partial charge >= 0.3 is 0 Å². The molecule has 0 aliphatic carbocycles. The molecule has 0 N–H and O–H groups in total. The normalized spacial score (nSPS) is 18.8. The van der Waals surface area contributed by atoms with Crippen LogP contribution in [0.4, 0.5) is 14.5 Å². The topological polar surface area (TPSA) is 96.5 Å². The number of carbonyl (C=O) groups excluding carboxylic acids is 1. The fourth-order valence-electron chi connectivity index (χ4n) is 6.32. The van der Waals surface area contributed by atoms with Crippen LogP contribution in [0, 0.1) is 28.5 Å². The SMILES string of the molecule is C=C(F)C(=O)N1CCN(c2c(C#N)c(OC[C@@H]3CCCN3C)nc3cc(-c4cccc5ccsc45)c(F)cc23)C[C@@H]1CC#N. The van der Waals surface area contributed by atoms with Gasteiger partial charge in [-0.25, -0.2) is 13.8 Å². The van der Waals surface area contributed by atoms with Gasteiger partial charge in [-0.2, -0.15) is 10.5 Å². The van der Waals surface area contributed by atoms with Crippen LogP contribution in [0.25, 0.3) is 32.1 Å². The van der Waals surface area contributed by atoms with Crippen molar-refractivity contribution in [2.24, 2.45) is 0 Å². The number of ether oxygens (including phenoxy) is 1. The number of hydrogen-bond acceptors (Lipinski definition) is 8. The van der Waals surface area contributed by atoms with Crippen LogP contribution < -0.4 is 9.64 Å². The Hall–Kier alpha value is -4.58. The summed E-state index contributed by atoms with van der Waals surface area (Å²) in [5, 5.41) is 23.3. The molecule has 0 saturated carbocycles. The molecule has 0 bridgehead atoms. The van der Waals surface area contributed by atoms with Crippen LogP contribution in [-0.4, -0.2) is 72.6 Å². The van der Waals surface area contributed by atoms with Crippen LogP contribution in [0.2, 0.25) is 0 Å². The number of nitriles is 2. The maximum Gasteiger partial charge on any atom is 0.282 e. The number of halogens is 2. The number of pyridine rings is 1. The Morgan fingerprint density at radius 1 is 1.18 bits per heavy atom. The Labute approximate surface area is 258 Å². The van der Waals surface area contributed by atoms with Crippen molar-refractivity contribution in [1.82, 2.24) is 14.8 Å². The highest BCUT2D eigenvalue weighted by molar-refractivity contribution is 7.17. The van der Waals surface area contributed by atoms with Crippen LogP contribution in [0.15, 0.2) is 54.2 Å². The molecule has 2 aliphatic rings. The summed E-state index contributed by atoms with van der Waals surface area (Å²) in [6.07, 6.45) is 1.96. The largest absolute Gasteiger partial charge is 0.475 e. The second-order valence-corrected chi connectivity index (χ2v) is 12.1. The van der Waals surface area contributed by atoms with E-state index in [9.17, 15) is 19.7 Å². The second kappa shape index (κ2) is 12.2. The Morgan fingerprint density at radius 2 is 2.02 bits per heavy atom. The van der Waals surface area contributed by atoms with Gasteiger partial charge in [0.1, 0.15) is 24.1 Å². The van der Waals surface area contributed by atoms with Gasteiger partial charge in [-0.1, -0.05) is 24.8 Å². The van der Waals surface area contributed by atoms with Crippen molar-refractivity contribution < 1.29 is 18.3 Å². The fraction of sp³-hybridized carbons (Fsp3) is 0.333. The van der Waals surface area contributed by atoms with E-state index in [0.29, 0.717) is 28.8 Å². The van der Waals surface area contributed by atoms with Gasteiger partial charge in [0.25, 0.3) is 5.91 Å². The van der Waals surface area contributed by atoms with Gasteiger partial charge in [-0.15, -0.1) is 11.3 Å². The number of likely N-dealkylation sites (tertiary alicyclic amines) is 1. The number of thiophene rings is 1. The third-order valence-electron chi connectivity index (χ3n) is 8.60. The average molecular weight is 613 g/mol. The first-order valence-electron chi connectivity index (χ1n) is 14.4. The summed E-state index contributed by atoms with van der Waals surface area (Å²) in [5.74, 6) is -2.29. The molecule has 4 heterocycles. The Morgan fingerprint density at radius 3 is 2.75 bits per heavy atom. The molecule has 2 saturated heterocycles. The number of anilines is 1. The molecule has 2 aromatic carbocycles. The first-order chi connectivity index (χ1) is 21.3. The van der Waals surface area contributed by atoms with E-state index in [1.54, 1.807) is 6.07 Å². The summed E-state index contributed by atoms with van der Waals surface area (Å²) in [7, 11) is 2.04. The number of piperazine rings is 1. The maximum absolute atomic E-state index is 16.1. The Kier molecular flexibility index (Phi) is 8.17. The summed E-state index contributed by atoms with van der Waals surface area (Å²) >= 11 is 1.53. The number of rotatable bonds is 7. The monoisotopic (exact) mass is 612 g/mol. The van der Waals surface area contributed by atoms with E-state index in [0.717, 1.165) is 35.0 Å². The van der Waals surface area contributed by atoms with E-state index in [2.05, 4.69) is 23.6 Å². The van der Waals surface area contributed by atoms with Gasteiger partial charge in [0.15, 0.2) is 5.83 Å². The van der Waals surface area contributed by atoms with E-state index in [4.69, 9.17) is 9.72 Å². The van der Waals surface area contributed by atoms with E-state index in [1.165, 1.54) is 22.3 Å². The molecule has 0 spiro atoms. The molecule has 0 unspecified atom stereocenters. The molecule has 224 valence electrons. The van der Waals surface area contributed by atoms with Crippen LogP contribution in [-0.2, 0) is 4.79 Å². The van der Waals surface area contributed by atoms with E-state index >= 15 is 4.39 Å². The van der Waals surface area contributed by atoms with Crippen molar-refractivity contribution in [1.29, 1.82) is 10.5 Å². The molecule has 44 heavy (non-hydrogen) atoms. The number of aromatic nitrogens is 1. The Balaban J connectivity index is 1.49. The number of likely N-dealkylation sites (N-methyl/N-ethyl adjacent to an activating group) is 1. The second-order valence-electron chi connectivity index (χ2n) is 11.2. The zero-order valence-electron chi connectivity index (χ0n) is 24.2. The van der Waals surface area contributed by atoms with Crippen molar-refractivity contribution >= 4 is 43.9 Å². The summed E-state index contributed by atoms with van der Waals surface area (Å²) in [6.45, 7) is 4.87. The number of hydrogen-bond donors (Lipinski definition) is 0. The molecule has 8 nitrogen and oxygen atoms in total. The number of fused-ring (bicyclic) bond motifs is 2. The highest BCUT2D eigenvalue weighted by Gasteiger charge is 2.34. The van der Waals surface area contributed by atoms with Crippen LogP contribution >= 0.6 is 11.3 Å². The lowest BCUT2D eigenvalue weighted by molar-refractivity contribution is -0.131. The van der Waals surface area contributed by atoms with Crippen molar-refractivity contribution in [3.8, 4) is 29.1 Å². The van der Waals surface area contributed by atoms with Crippen molar-refractivity contribution in [2.75, 3.05) is 44.7 Å². The first-order valence-corrected chi connectivity index (χ1v) is 15.3. The van der Waals surface area contributed by atoms with Gasteiger partial charge in [0.2, 0.25) is 5.88 Å². The van der Waals surface area contributed by atoms with Gasteiger partial charge in [-0.3, -0.25) is 4.79 Å². The van der Waals surface area contributed by atoms with Crippen molar-refractivity contribution in [3.63, 3.8) is 0 Å². The predicted octanol–water partition coefficient (Wildman–Crippen LogP) is 6.01. The van der Waals surface area contributed by atoms with E-state index in [-0.39, 0.29) is 43.5 Å². The molecule has 2 fully saturated rings. The number of amides is 1. The van der Waals surface area contributed by atoms with E-state index in [1.807, 2.05) is 41.6 Å². The molecule has 2 atom stereocenters. The lowest BCUT2D eigenvalue weighted by Gasteiger charge is -2.42. The van der Waals surface area contributed by atoms with Crippen LogP contribution in [0.5, 0.6) is 5.88 Å². The van der Waals surface area contributed by atoms with Gasteiger partial charge in [-0.05, 0) is 55.4 Å². The van der Waals surface area contributed by atoms with Gasteiger partial charge < -0.3 is 19.4 Å². The highest BCUT2D eigenvalue weighted by Crippen LogP contribution is 2.41. The third-order valence-corrected chi connectivity index (χ3v) is 9.56. The highest BCUT2D eigenvalue weighted by atomic mass is 32.1. The molecule has 1 amide bonds.